The second kappa shape index (κ2) is 3.84. The Bertz CT molecular complexity index is 433. The summed E-state index contributed by atoms with van der Waals surface area (Å²) in [5, 5.41) is 6.84. The van der Waals surface area contributed by atoms with Crippen molar-refractivity contribution < 1.29 is 4.79 Å². The van der Waals surface area contributed by atoms with Crippen LogP contribution in [0.15, 0.2) is 9.95 Å². The molecular formula is C9H13N3O2S. The fraction of sp³-hybridized carbons (Fsp3) is 0.667. The van der Waals surface area contributed by atoms with Crippen molar-refractivity contribution >= 4 is 17.5 Å². The summed E-state index contributed by atoms with van der Waals surface area (Å²) in [6.45, 7) is 3.37. The Morgan fingerprint density at radius 1 is 1.67 bits per heavy atom. The van der Waals surface area contributed by atoms with Crippen molar-refractivity contribution in [1.29, 1.82) is 0 Å². The molecule has 15 heavy (non-hydrogen) atoms. The molecule has 2 rings (SSSR count). The molecule has 1 aromatic heterocycles. The van der Waals surface area contributed by atoms with Gasteiger partial charge in [0.05, 0.1) is 5.25 Å². The number of nitrogens with one attached hydrogen (secondary N) is 1. The molecule has 1 unspecified atom stereocenters. The Kier molecular flexibility index (Phi) is 2.68. The monoisotopic (exact) mass is 227 g/mol. The van der Waals surface area contributed by atoms with Gasteiger partial charge in [-0.2, -0.15) is 0 Å². The van der Waals surface area contributed by atoms with Gasteiger partial charge in [0, 0.05) is 6.04 Å². The zero-order valence-electron chi connectivity index (χ0n) is 8.69. The number of aromatic nitrogens is 3. The lowest BCUT2D eigenvalue weighted by Crippen LogP contribution is -2.17. The van der Waals surface area contributed by atoms with Crippen molar-refractivity contribution in [3.05, 3.63) is 10.5 Å². The van der Waals surface area contributed by atoms with E-state index in [9.17, 15) is 9.59 Å². The summed E-state index contributed by atoms with van der Waals surface area (Å²) < 4.78 is 1.66. The first-order valence-electron chi connectivity index (χ1n) is 4.93. The minimum atomic E-state index is -0.171. The molecule has 0 radical (unpaired) electrons. The molecule has 0 amide bonds. The molecule has 1 aliphatic carbocycles. The Balaban J connectivity index is 2.21. The molecule has 82 valence electrons. The molecule has 1 N–H and O–H groups in total. The number of Topliss-reactive ketones (excluding diaryl/α,β-unsaturated/α-hetero) is 1. The number of aromatic amines is 1. The third kappa shape index (κ3) is 2.14. The predicted molar refractivity (Wildman–Crippen MR) is 57.1 cm³/mol. The smallest absolute Gasteiger partial charge is 0.299 e. The van der Waals surface area contributed by atoms with Crippen molar-refractivity contribution in [1.82, 2.24) is 14.8 Å². The molecule has 1 atom stereocenters. The van der Waals surface area contributed by atoms with Crippen LogP contribution in [0.2, 0.25) is 0 Å². The van der Waals surface area contributed by atoms with Gasteiger partial charge in [-0.3, -0.25) is 9.36 Å². The van der Waals surface area contributed by atoms with Crippen molar-refractivity contribution in [3.63, 3.8) is 0 Å². The summed E-state index contributed by atoms with van der Waals surface area (Å²) >= 11 is 1.34. The molecule has 1 aliphatic rings. The SMILES string of the molecule is CC(=O)C(C)Sc1n[nH]c(=O)n1C1CC1. The Morgan fingerprint density at radius 2 is 2.33 bits per heavy atom. The van der Waals surface area contributed by atoms with E-state index in [-0.39, 0.29) is 22.8 Å². The number of thioether (sulfide) groups is 1. The molecule has 0 spiro atoms. The van der Waals surface area contributed by atoms with E-state index in [1.54, 1.807) is 11.5 Å². The average molecular weight is 227 g/mol. The summed E-state index contributed by atoms with van der Waals surface area (Å²) in [6.07, 6.45) is 2.06. The van der Waals surface area contributed by atoms with E-state index in [4.69, 9.17) is 0 Å². The number of nitrogens with zero attached hydrogens (tertiary/aromatic N) is 2. The first kappa shape index (κ1) is 10.5. The molecule has 6 heteroatoms. The van der Waals surface area contributed by atoms with Gasteiger partial charge in [0.25, 0.3) is 0 Å². The lowest BCUT2D eigenvalue weighted by molar-refractivity contribution is -0.116. The number of H-pyrrole nitrogens is 1. The van der Waals surface area contributed by atoms with Gasteiger partial charge in [-0.25, -0.2) is 9.89 Å². The van der Waals surface area contributed by atoms with Crippen LogP contribution in [0.4, 0.5) is 0 Å². The number of hydrogen-bond donors (Lipinski definition) is 1. The Morgan fingerprint density at radius 3 is 2.87 bits per heavy atom. The maximum Gasteiger partial charge on any atom is 0.344 e. The average Bonchev–Trinajstić information content (AvgIpc) is 2.93. The number of carbonyl (C=O) groups is 1. The van der Waals surface area contributed by atoms with E-state index in [1.165, 1.54) is 11.8 Å². The predicted octanol–water partition coefficient (Wildman–Crippen LogP) is 0.976. The van der Waals surface area contributed by atoms with Gasteiger partial charge in [0.15, 0.2) is 5.16 Å². The third-order valence-electron chi connectivity index (χ3n) is 2.44. The molecule has 1 saturated carbocycles. The second-order valence-electron chi connectivity index (χ2n) is 3.78. The van der Waals surface area contributed by atoms with Crippen LogP contribution in [-0.4, -0.2) is 25.8 Å². The van der Waals surface area contributed by atoms with E-state index in [0.717, 1.165) is 12.8 Å². The van der Waals surface area contributed by atoms with Crippen LogP contribution in [0.25, 0.3) is 0 Å². The lowest BCUT2D eigenvalue weighted by Gasteiger charge is -2.06. The van der Waals surface area contributed by atoms with Crippen LogP contribution in [-0.2, 0) is 4.79 Å². The molecule has 0 saturated heterocycles. The van der Waals surface area contributed by atoms with Crippen LogP contribution in [0, 0.1) is 0 Å². The number of rotatable bonds is 4. The second-order valence-corrected chi connectivity index (χ2v) is 5.09. The first-order valence-corrected chi connectivity index (χ1v) is 5.81. The summed E-state index contributed by atoms with van der Waals surface area (Å²) in [5.41, 5.74) is -0.171. The largest absolute Gasteiger partial charge is 0.344 e. The number of carbonyl (C=O) groups excluding carboxylic acids is 1. The van der Waals surface area contributed by atoms with Gasteiger partial charge in [0.2, 0.25) is 0 Å². The number of hydrogen-bond acceptors (Lipinski definition) is 4. The fourth-order valence-electron chi connectivity index (χ4n) is 1.27. The molecule has 1 heterocycles. The van der Waals surface area contributed by atoms with Crippen molar-refractivity contribution in [2.75, 3.05) is 0 Å². The lowest BCUT2D eigenvalue weighted by atomic mass is 10.3. The van der Waals surface area contributed by atoms with E-state index in [0.29, 0.717) is 5.16 Å². The maximum atomic E-state index is 11.4. The maximum absolute atomic E-state index is 11.4. The standard InChI is InChI=1S/C9H13N3O2S/c1-5(13)6(2)15-9-11-10-8(14)12(9)7-3-4-7/h6-7H,3-4H2,1-2H3,(H,10,14). The van der Waals surface area contributed by atoms with Crippen molar-refractivity contribution in [2.45, 2.75) is 43.1 Å². The Hall–Kier alpha value is -1.04. The molecular weight excluding hydrogens is 214 g/mol. The van der Waals surface area contributed by atoms with E-state index >= 15 is 0 Å². The van der Waals surface area contributed by atoms with Gasteiger partial charge < -0.3 is 0 Å². The molecule has 1 fully saturated rings. The normalized spacial score (nSPS) is 17.7. The summed E-state index contributed by atoms with van der Waals surface area (Å²) in [6, 6.07) is 0.290. The van der Waals surface area contributed by atoms with Gasteiger partial charge in [-0.1, -0.05) is 11.8 Å². The van der Waals surface area contributed by atoms with Crippen molar-refractivity contribution in [3.8, 4) is 0 Å². The van der Waals surface area contributed by atoms with Gasteiger partial charge in [-0.05, 0) is 26.7 Å². The molecule has 5 nitrogen and oxygen atoms in total. The quantitative estimate of drug-likeness (QED) is 0.778. The van der Waals surface area contributed by atoms with Crippen molar-refractivity contribution in [2.24, 2.45) is 0 Å². The molecule has 0 bridgehead atoms. The summed E-state index contributed by atoms with van der Waals surface area (Å²) in [7, 11) is 0. The minimum Gasteiger partial charge on any atom is -0.299 e. The van der Waals surface area contributed by atoms with Crippen LogP contribution in [0.5, 0.6) is 0 Å². The molecule has 0 aromatic carbocycles. The Labute approximate surface area is 91.3 Å². The van der Waals surface area contributed by atoms with Gasteiger partial charge in [-0.15, -0.1) is 5.10 Å². The fourth-order valence-corrected chi connectivity index (χ4v) is 2.20. The third-order valence-corrected chi connectivity index (χ3v) is 3.62. The highest BCUT2D eigenvalue weighted by Gasteiger charge is 2.29. The van der Waals surface area contributed by atoms with Gasteiger partial charge >= 0.3 is 5.69 Å². The number of ketones is 1. The zero-order chi connectivity index (χ0) is 11.0. The molecule has 0 aliphatic heterocycles. The molecule has 1 aromatic rings. The van der Waals surface area contributed by atoms with E-state index in [1.807, 2.05) is 6.92 Å². The van der Waals surface area contributed by atoms with Crippen LogP contribution in [0.1, 0.15) is 32.7 Å². The van der Waals surface area contributed by atoms with Gasteiger partial charge in [0.1, 0.15) is 5.78 Å². The summed E-state index contributed by atoms with van der Waals surface area (Å²) in [4.78, 5) is 22.5. The van der Waals surface area contributed by atoms with Crippen LogP contribution < -0.4 is 5.69 Å². The highest BCUT2D eigenvalue weighted by molar-refractivity contribution is 8.00. The van der Waals surface area contributed by atoms with Crippen LogP contribution in [0.3, 0.4) is 0 Å². The van der Waals surface area contributed by atoms with Crippen LogP contribution >= 0.6 is 11.8 Å². The highest BCUT2D eigenvalue weighted by Crippen LogP contribution is 2.36. The van der Waals surface area contributed by atoms with E-state index in [2.05, 4.69) is 10.2 Å². The first-order chi connectivity index (χ1) is 7.09. The summed E-state index contributed by atoms with van der Waals surface area (Å²) in [5.74, 6) is 0.0952. The highest BCUT2D eigenvalue weighted by atomic mass is 32.2. The minimum absolute atomic E-state index is 0.0952. The topological polar surface area (TPSA) is 67.8 Å². The van der Waals surface area contributed by atoms with E-state index < -0.39 is 0 Å². The zero-order valence-corrected chi connectivity index (χ0v) is 9.50.